The van der Waals surface area contributed by atoms with Crippen molar-refractivity contribution in [3.63, 3.8) is 0 Å². The lowest BCUT2D eigenvalue weighted by Gasteiger charge is -2.36. The fraction of sp³-hybridized carbons (Fsp3) is 0.615. The van der Waals surface area contributed by atoms with Gasteiger partial charge >= 0.3 is 0 Å². The maximum atomic E-state index is 12.8. The number of anilines is 2. The molecule has 0 radical (unpaired) electrons. The molecule has 1 aromatic carbocycles. The molecule has 0 aliphatic carbocycles. The van der Waals surface area contributed by atoms with E-state index in [9.17, 15) is 13.9 Å². The first-order chi connectivity index (χ1) is 17.4. The number of aromatic nitrogens is 2. The molecule has 2 aliphatic rings. The Morgan fingerprint density at radius 2 is 2.03 bits per heavy atom. The number of benzene rings is 1. The molecule has 2 aliphatic heterocycles. The molecule has 0 spiro atoms. The van der Waals surface area contributed by atoms with Crippen LogP contribution < -0.4 is 15.0 Å². The molecular formula is C26H37F2N5O3. The van der Waals surface area contributed by atoms with E-state index in [1.54, 1.807) is 4.90 Å². The fourth-order valence-corrected chi connectivity index (χ4v) is 4.60. The van der Waals surface area contributed by atoms with Gasteiger partial charge in [0.25, 0.3) is 6.43 Å². The van der Waals surface area contributed by atoms with Crippen LogP contribution in [0.15, 0.2) is 24.3 Å². The van der Waals surface area contributed by atoms with Crippen molar-refractivity contribution < 1.29 is 23.4 Å². The summed E-state index contributed by atoms with van der Waals surface area (Å²) in [6.45, 7) is 7.77. The average molecular weight is 506 g/mol. The largest absolute Gasteiger partial charge is 0.491 e. The molecule has 0 amide bonds. The average Bonchev–Trinajstić information content (AvgIpc) is 3.38. The van der Waals surface area contributed by atoms with Crippen molar-refractivity contribution in [2.24, 2.45) is 0 Å². The molecule has 10 heteroatoms. The summed E-state index contributed by atoms with van der Waals surface area (Å²) in [5.41, 5.74) is 1.74. The van der Waals surface area contributed by atoms with E-state index in [1.807, 2.05) is 38.1 Å². The number of nitrogens with one attached hydrogen (secondary N) is 1. The van der Waals surface area contributed by atoms with Crippen LogP contribution in [0.2, 0.25) is 0 Å². The zero-order valence-electron chi connectivity index (χ0n) is 21.1. The molecule has 3 heterocycles. The molecular weight excluding hydrogens is 468 g/mol. The minimum Gasteiger partial charge on any atom is -0.491 e. The Hall–Kier alpha value is -2.56. The Labute approximate surface area is 211 Å². The van der Waals surface area contributed by atoms with Crippen molar-refractivity contribution >= 4 is 11.6 Å². The molecule has 0 bridgehead atoms. The minimum absolute atomic E-state index is 0.178. The van der Waals surface area contributed by atoms with E-state index < -0.39 is 12.5 Å². The van der Waals surface area contributed by atoms with Crippen LogP contribution in [0, 0.1) is 6.92 Å². The number of aliphatic hydroxyl groups excluding tert-OH is 1. The predicted octanol–water partition coefficient (Wildman–Crippen LogP) is 3.58. The number of alkyl halides is 2. The highest BCUT2D eigenvalue weighted by atomic mass is 19.3. The van der Waals surface area contributed by atoms with Crippen LogP contribution in [0.5, 0.6) is 5.75 Å². The summed E-state index contributed by atoms with van der Waals surface area (Å²) in [4.78, 5) is 13.7. The molecule has 2 N–H and O–H groups in total. The van der Waals surface area contributed by atoms with E-state index in [4.69, 9.17) is 19.4 Å². The van der Waals surface area contributed by atoms with Crippen molar-refractivity contribution in [1.82, 2.24) is 14.9 Å². The van der Waals surface area contributed by atoms with Gasteiger partial charge in [-0.05, 0) is 31.9 Å². The lowest BCUT2D eigenvalue weighted by atomic mass is 10.1. The molecule has 2 aromatic rings. The summed E-state index contributed by atoms with van der Waals surface area (Å²) < 4.78 is 37.0. The zero-order chi connectivity index (χ0) is 25.5. The van der Waals surface area contributed by atoms with Gasteiger partial charge in [0.2, 0.25) is 0 Å². The van der Waals surface area contributed by atoms with Gasteiger partial charge in [0, 0.05) is 43.9 Å². The second-order valence-electron chi connectivity index (χ2n) is 9.51. The van der Waals surface area contributed by atoms with Crippen LogP contribution in [-0.4, -0.2) is 91.1 Å². The summed E-state index contributed by atoms with van der Waals surface area (Å²) in [6, 6.07) is 7.75. The van der Waals surface area contributed by atoms with Gasteiger partial charge in [0.05, 0.1) is 25.3 Å². The lowest BCUT2D eigenvalue weighted by Crippen LogP contribution is -2.48. The first-order valence-corrected chi connectivity index (χ1v) is 12.8. The molecule has 36 heavy (non-hydrogen) atoms. The Morgan fingerprint density at radius 1 is 1.22 bits per heavy atom. The lowest BCUT2D eigenvalue weighted by molar-refractivity contribution is 0.0853. The standard InChI is InChI=1S/C26H37F2N5O3/c1-3-5-21(34)17-36-22-7-4-6-19(14-22)25-30-24(29-20-8-13-35-16-20)18(2)26(31-25)33-11-9-32(10-12-33)15-23(27)28/h4,6-7,14,20-21,23,34H,3,5,8-13,15-17H2,1-2H3,(H,29,30,31)/t20-,21?/m1/s1. The number of hydrogen-bond donors (Lipinski definition) is 2. The summed E-state index contributed by atoms with van der Waals surface area (Å²) in [6.07, 6.45) is -0.346. The highest BCUT2D eigenvalue weighted by molar-refractivity contribution is 5.67. The molecule has 4 rings (SSSR count). The number of piperazine rings is 1. The van der Waals surface area contributed by atoms with E-state index in [1.165, 1.54) is 0 Å². The number of hydrogen-bond acceptors (Lipinski definition) is 8. The second kappa shape index (κ2) is 12.6. The van der Waals surface area contributed by atoms with Crippen molar-refractivity contribution in [2.45, 2.75) is 51.7 Å². The first kappa shape index (κ1) is 26.5. The van der Waals surface area contributed by atoms with Crippen LogP contribution in [0.25, 0.3) is 11.4 Å². The second-order valence-corrected chi connectivity index (χ2v) is 9.51. The van der Waals surface area contributed by atoms with Gasteiger partial charge in [-0.1, -0.05) is 25.5 Å². The fourth-order valence-electron chi connectivity index (χ4n) is 4.60. The van der Waals surface area contributed by atoms with Crippen LogP contribution in [-0.2, 0) is 4.74 Å². The minimum atomic E-state index is -2.33. The van der Waals surface area contributed by atoms with Crippen molar-refractivity contribution in [2.75, 3.05) is 62.8 Å². The first-order valence-electron chi connectivity index (χ1n) is 12.8. The van der Waals surface area contributed by atoms with Gasteiger partial charge in [-0.3, -0.25) is 4.90 Å². The van der Waals surface area contributed by atoms with E-state index in [0.717, 1.165) is 42.2 Å². The van der Waals surface area contributed by atoms with Gasteiger partial charge in [0.15, 0.2) is 5.82 Å². The molecule has 2 atom stereocenters. The Balaban J connectivity index is 1.59. The quantitative estimate of drug-likeness (QED) is 0.480. The SMILES string of the molecule is CCCC(O)COc1cccc(-c2nc(N[C@@H]3CCOC3)c(C)c(N3CCN(CC(F)F)CC3)n2)c1. The normalized spacial score (nSPS) is 19.6. The third kappa shape index (κ3) is 7.02. The molecule has 198 valence electrons. The maximum Gasteiger partial charge on any atom is 0.251 e. The zero-order valence-corrected chi connectivity index (χ0v) is 21.1. The van der Waals surface area contributed by atoms with Gasteiger partial charge < -0.3 is 24.8 Å². The molecule has 8 nitrogen and oxygen atoms in total. The highest BCUT2D eigenvalue weighted by Crippen LogP contribution is 2.31. The molecule has 0 saturated carbocycles. The summed E-state index contributed by atoms with van der Waals surface area (Å²) in [5, 5.41) is 13.6. The number of ether oxygens (including phenoxy) is 2. The van der Waals surface area contributed by atoms with Crippen molar-refractivity contribution in [3.8, 4) is 17.1 Å². The van der Waals surface area contributed by atoms with Crippen LogP contribution in [0.4, 0.5) is 20.4 Å². The Bertz CT molecular complexity index is 982. The topological polar surface area (TPSA) is 83.0 Å². The molecule has 2 saturated heterocycles. The highest BCUT2D eigenvalue weighted by Gasteiger charge is 2.25. The number of halogens is 2. The molecule has 1 unspecified atom stereocenters. The monoisotopic (exact) mass is 505 g/mol. The summed E-state index contributed by atoms with van der Waals surface area (Å²) in [5.74, 6) is 2.77. The summed E-state index contributed by atoms with van der Waals surface area (Å²) >= 11 is 0. The maximum absolute atomic E-state index is 12.8. The number of rotatable bonds is 11. The van der Waals surface area contributed by atoms with E-state index in [-0.39, 0.29) is 19.2 Å². The van der Waals surface area contributed by atoms with E-state index in [2.05, 4.69) is 10.2 Å². The van der Waals surface area contributed by atoms with Crippen LogP contribution in [0.3, 0.4) is 0 Å². The predicted molar refractivity (Wildman–Crippen MR) is 136 cm³/mol. The van der Waals surface area contributed by atoms with Gasteiger partial charge in [0.1, 0.15) is 24.0 Å². The van der Waals surface area contributed by atoms with Crippen LogP contribution in [0.1, 0.15) is 31.7 Å². The smallest absolute Gasteiger partial charge is 0.251 e. The Morgan fingerprint density at radius 3 is 2.72 bits per heavy atom. The number of nitrogens with zero attached hydrogens (tertiary/aromatic N) is 4. The van der Waals surface area contributed by atoms with Crippen molar-refractivity contribution in [3.05, 3.63) is 29.8 Å². The number of aliphatic hydroxyl groups is 1. The molecule has 1 aromatic heterocycles. The Kier molecular flexibility index (Phi) is 9.28. The van der Waals surface area contributed by atoms with Gasteiger partial charge in [-0.25, -0.2) is 18.7 Å². The third-order valence-corrected chi connectivity index (χ3v) is 6.62. The van der Waals surface area contributed by atoms with Gasteiger partial charge in [-0.2, -0.15) is 0 Å². The summed E-state index contributed by atoms with van der Waals surface area (Å²) in [7, 11) is 0. The van der Waals surface area contributed by atoms with E-state index in [0.29, 0.717) is 50.8 Å². The third-order valence-electron chi connectivity index (χ3n) is 6.62. The van der Waals surface area contributed by atoms with Gasteiger partial charge in [-0.15, -0.1) is 0 Å². The molecule has 2 fully saturated rings. The van der Waals surface area contributed by atoms with Crippen LogP contribution >= 0.6 is 0 Å². The van der Waals surface area contributed by atoms with Crippen molar-refractivity contribution in [1.29, 1.82) is 0 Å². The van der Waals surface area contributed by atoms with E-state index >= 15 is 0 Å².